The summed E-state index contributed by atoms with van der Waals surface area (Å²) in [6.45, 7) is 9.87. The molecule has 2 heteroatoms. The molecule has 3 atom stereocenters. The number of hydrogen-bond donors (Lipinski definition) is 1. The lowest BCUT2D eigenvalue weighted by Gasteiger charge is -2.28. The van der Waals surface area contributed by atoms with Gasteiger partial charge in [-0.05, 0) is 33.2 Å². The largest absolute Gasteiger partial charge is 0.328 e. The highest BCUT2D eigenvalue weighted by Gasteiger charge is 2.13. The molecule has 0 rings (SSSR count). The van der Waals surface area contributed by atoms with Gasteiger partial charge in [-0.25, -0.2) is 0 Å². The van der Waals surface area contributed by atoms with Crippen LogP contribution in [0.1, 0.15) is 34.1 Å². The van der Waals surface area contributed by atoms with Crippen LogP contribution in [0.2, 0.25) is 0 Å². The molecule has 0 amide bonds. The van der Waals surface area contributed by atoms with Crippen LogP contribution in [-0.4, -0.2) is 30.6 Å². The van der Waals surface area contributed by atoms with Crippen molar-refractivity contribution in [1.82, 2.24) is 4.90 Å². The summed E-state index contributed by atoms with van der Waals surface area (Å²) in [5.41, 5.74) is 5.80. The summed E-state index contributed by atoms with van der Waals surface area (Å²) in [6.07, 6.45) is 1.21. The lowest BCUT2D eigenvalue weighted by molar-refractivity contribution is 0.209. The van der Waals surface area contributed by atoms with E-state index in [9.17, 15) is 0 Å². The van der Waals surface area contributed by atoms with Crippen LogP contribution in [0.4, 0.5) is 0 Å². The van der Waals surface area contributed by atoms with E-state index in [1.54, 1.807) is 0 Å². The van der Waals surface area contributed by atoms with Crippen molar-refractivity contribution in [2.75, 3.05) is 13.6 Å². The zero-order valence-electron chi connectivity index (χ0n) is 9.17. The molecule has 0 saturated carbocycles. The van der Waals surface area contributed by atoms with Gasteiger partial charge in [-0.1, -0.05) is 13.8 Å². The summed E-state index contributed by atoms with van der Waals surface area (Å²) in [4.78, 5) is 2.38. The Bertz CT molecular complexity index is 112. The van der Waals surface area contributed by atoms with Crippen molar-refractivity contribution in [2.24, 2.45) is 11.7 Å². The minimum Gasteiger partial charge on any atom is -0.328 e. The summed E-state index contributed by atoms with van der Waals surface area (Å²) in [5.74, 6) is 0.587. The second-order valence-corrected chi connectivity index (χ2v) is 4.03. The highest BCUT2D eigenvalue weighted by Crippen LogP contribution is 2.06. The van der Waals surface area contributed by atoms with E-state index in [1.165, 1.54) is 6.42 Å². The van der Waals surface area contributed by atoms with Crippen molar-refractivity contribution in [1.29, 1.82) is 0 Å². The fourth-order valence-electron chi connectivity index (χ4n) is 1.11. The number of nitrogens with zero attached hydrogens (tertiary/aromatic N) is 1. The van der Waals surface area contributed by atoms with Crippen molar-refractivity contribution in [3.8, 4) is 0 Å². The van der Waals surface area contributed by atoms with Crippen LogP contribution in [0.5, 0.6) is 0 Å². The first-order chi connectivity index (χ1) is 5.49. The Kier molecular flexibility index (Phi) is 5.51. The fraction of sp³-hybridized carbons (Fsp3) is 1.00. The van der Waals surface area contributed by atoms with E-state index in [-0.39, 0.29) is 0 Å². The van der Waals surface area contributed by atoms with Crippen LogP contribution in [0, 0.1) is 5.92 Å². The smallest absolute Gasteiger partial charge is 0.00613 e. The van der Waals surface area contributed by atoms with Gasteiger partial charge in [-0.2, -0.15) is 0 Å². The molecular weight excluding hydrogens is 148 g/mol. The van der Waals surface area contributed by atoms with E-state index in [1.807, 2.05) is 0 Å². The van der Waals surface area contributed by atoms with Crippen molar-refractivity contribution in [3.63, 3.8) is 0 Å². The van der Waals surface area contributed by atoms with Gasteiger partial charge >= 0.3 is 0 Å². The highest BCUT2D eigenvalue weighted by atomic mass is 15.1. The molecule has 0 fully saturated rings. The van der Waals surface area contributed by atoms with Crippen molar-refractivity contribution in [2.45, 2.75) is 46.2 Å². The van der Waals surface area contributed by atoms with Crippen LogP contribution in [0.3, 0.4) is 0 Å². The Morgan fingerprint density at radius 2 is 1.75 bits per heavy atom. The third-order valence-electron chi connectivity index (χ3n) is 2.82. The number of hydrogen-bond acceptors (Lipinski definition) is 2. The first-order valence-electron chi connectivity index (χ1n) is 4.94. The summed E-state index contributed by atoms with van der Waals surface area (Å²) in [5, 5.41) is 0. The number of rotatable bonds is 5. The lowest BCUT2D eigenvalue weighted by atomic mass is 10.0. The summed E-state index contributed by atoms with van der Waals surface area (Å²) >= 11 is 0. The summed E-state index contributed by atoms with van der Waals surface area (Å²) < 4.78 is 0. The average molecular weight is 172 g/mol. The van der Waals surface area contributed by atoms with Gasteiger partial charge < -0.3 is 10.6 Å². The van der Waals surface area contributed by atoms with E-state index in [0.717, 1.165) is 6.54 Å². The van der Waals surface area contributed by atoms with Gasteiger partial charge in [0.1, 0.15) is 0 Å². The van der Waals surface area contributed by atoms with Gasteiger partial charge in [-0.15, -0.1) is 0 Å². The number of nitrogens with two attached hydrogens (primary N) is 1. The van der Waals surface area contributed by atoms with Gasteiger partial charge in [0.25, 0.3) is 0 Å². The Labute approximate surface area is 77.1 Å². The van der Waals surface area contributed by atoms with Crippen LogP contribution in [0.25, 0.3) is 0 Å². The molecule has 0 bridgehead atoms. The SMILES string of the molecule is CCC(C)N(C)CC(C)C(C)N. The first kappa shape index (κ1) is 11.9. The quantitative estimate of drug-likeness (QED) is 0.684. The zero-order chi connectivity index (χ0) is 9.72. The molecule has 12 heavy (non-hydrogen) atoms. The van der Waals surface area contributed by atoms with Crippen LogP contribution < -0.4 is 5.73 Å². The van der Waals surface area contributed by atoms with Crippen LogP contribution >= 0.6 is 0 Å². The van der Waals surface area contributed by atoms with Gasteiger partial charge in [0.2, 0.25) is 0 Å². The van der Waals surface area contributed by atoms with E-state index in [2.05, 4.69) is 39.6 Å². The third kappa shape index (κ3) is 4.07. The molecule has 0 aliphatic rings. The third-order valence-corrected chi connectivity index (χ3v) is 2.82. The molecule has 0 saturated heterocycles. The topological polar surface area (TPSA) is 29.3 Å². The Hall–Kier alpha value is -0.0800. The minimum absolute atomic E-state index is 0.302. The molecule has 0 heterocycles. The maximum absolute atomic E-state index is 5.80. The molecule has 0 aliphatic heterocycles. The molecule has 0 aromatic carbocycles. The molecule has 0 aromatic rings. The molecule has 74 valence electrons. The van der Waals surface area contributed by atoms with Gasteiger partial charge in [0.05, 0.1) is 0 Å². The molecule has 3 unspecified atom stereocenters. The second-order valence-electron chi connectivity index (χ2n) is 4.03. The lowest BCUT2D eigenvalue weighted by Crippen LogP contribution is -2.38. The molecule has 0 aromatic heterocycles. The maximum atomic E-state index is 5.80. The van der Waals surface area contributed by atoms with Crippen LogP contribution in [-0.2, 0) is 0 Å². The fourth-order valence-corrected chi connectivity index (χ4v) is 1.11. The molecule has 0 spiro atoms. The average Bonchev–Trinajstić information content (AvgIpc) is 2.02. The van der Waals surface area contributed by atoms with Crippen LogP contribution in [0.15, 0.2) is 0 Å². The molecular formula is C10H24N2. The van der Waals surface area contributed by atoms with Gasteiger partial charge in [-0.3, -0.25) is 0 Å². The normalized spacial score (nSPS) is 19.2. The standard InChI is InChI=1S/C10H24N2/c1-6-9(3)12(5)7-8(2)10(4)11/h8-10H,6-7,11H2,1-5H3. The van der Waals surface area contributed by atoms with Crippen molar-refractivity contribution < 1.29 is 0 Å². The molecule has 0 aliphatic carbocycles. The first-order valence-corrected chi connectivity index (χ1v) is 4.94. The highest BCUT2D eigenvalue weighted by molar-refractivity contribution is 4.70. The Morgan fingerprint density at radius 3 is 2.08 bits per heavy atom. The van der Waals surface area contributed by atoms with E-state index < -0.39 is 0 Å². The zero-order valence-corrected chi connectivity index (χ0v) is 9.17. The van der Waals surface area contributed by atoms with Crippen molar-refractivity contribution >= 4 is 0 Å². The molecule has 2 nitrogen and oxygen atoms in total. The van der Waals surface area contributed by atoms with Crippen molar-refractivity contribution in [3.05, 3.63) is 0 Å². The Morgan fingerprint density at radius 1 is 1.25 bits per heavy atom. The van der Waals surface area contributed by atoms with E-state index in [4.69, 9.17) is 5.73 Å². The van der Waals surface area contributed by atoms with Gasteiger partial charge in [0.15, 0.2) is 0 Å². The monoisotopic (exact) mass is 172 g/mol. The molecule has 0 radical (unpaired) electrons. The van der Waals surface area contributed by atoms with Gasteiger partial charge in [0, 0.05) is 18.6 Å². The molecule has 2 N–H and O–H groups in total. The second kappa shape index (κ2) is 5.55. The summed E-state index contributed by atoms with van der Waals surface area (Å²) in [7, 11) is 2.17. The Balaban J connectivity index is 3.75. The van der Waals surface area contributed by atoms with E-state index in [0.29, 0.717) is 18.0 Å². The minimum atomic E-state index is 0.302. The maximum Gasteiger partial charge on any atom is 0.00613 e. The predicted molar refractivity (Wildman–Crippen MR) is 55.2 cm³/mol. The predicted octanol–water partition coefficient (Wildman–Crippen LogP) is 1.70. The summed E-state index contributed by atoms with van der Waals surface area (Å²) in [6, 6.07) is 0.975. The van der Waals surface area contributed by atoms with E-state index >= 15 is 0 Å².